The average molecular weight is 430 g/mol. The van der Waals surface area contributed by atoms with Gasteiger partial charge in [-0.3, -0.25) is 4.99 Å². The molecule has 130 valence electrons. The zero-order valence-corrected chi connectivity index (χ0v) is 16.9. The van der Waals surface area contributed by atoms with Gasteiger partial charge in [0.15, 0.2) is 5.96 Å². The second-order valence-corrected chi connectivity index (χ2v) is 6.13. The molecule has 0 saturated carbocycles. The third-order valence-corrected chi connectivity index (χ3v) is 4.67. The fourth-order valence-corrected chi connectivity index (χ4v) is 2.94. The van der Waals surface area contributed by atoms with Crippen LogP contribution >= 0.6 is 24.0 Å². The van der Waals surface area contributed by atoms with Gasteiger partial charge in [0.25, 0.3) is 0 Å². The highest BCUT2D eigenvalue weighted by molar-refractivity contribution is 14.0. The predicted octanol–water partition coefficient (Wildman–Crippen LogP) is 3.45. The molecule has 0 spiro atoms. The predicted molar refractivity (Wildman–Crippen MR) is 110 cm³/mol. The molecule has 0 aromatic heterocycles. The van der Waals surface area contributed by atoms with Crippen LogP contribution in [0.25, 0.3) is 0 Å². The van der Waals surface area contributed by atoms with E-state index in [1.807, 2.05) is 0 Å². The molecule has 5 heteroatoms. The van der Waals surface area contributed by atoms with Crippen molar-refractivity contribution in [3.05, 3.63) is 35.9 Å². The molecule has 0 amide bonds. The summed E-state index contributed by atoms with van der Waals surface area (Å²) in [5, 5.41) is 10.7. The average Bonchev–Trinajstić information content (AvgIpc) is 2.60. The summed E-state index contributed by atoms with van der Waals surface area (Å²) in [4.78, 5) is 4.51. The molecule has 0 radical (unpaired) electrons. The van der Waals surface area contributed by atoms with Crippen molar-refractivity contribution in [3.8, 4) is 0 Å². The van der Waals surface area contributed by atoms with Crippen LogP contribution in [-0.4, -0.2) is 31.1 Å². The Balaban J connectivity index is 0.00000264. The van der Waals surface area contributed by atoms with Crippen molar-refractivity contribution in [2.24, 2.45) is 4.99 Å². The van der Waals surface area contributed by atoms with Gasteiger partial charge >= 0.3 is 0 Å². The Morgan fingerprint density at radius 1 is 1.22 bits per heavy atom. The van der Waals surface area contributed by atoms with E-state index in [1.54, 1.807) is 0 Å². The van der Waals surface area contributed by atoms with Crippen molar-refractivity contribution >= 4 is 29.9 Å². The van der Waals surface area contributed by atoms with E-state index < -0.39 is 0 Å². The van der Waals surface area contributed by atoms with Crippen LogP contribution < -0.4 is 16.0 Å². The fraction of sp³-hybridized carbons (Fsp3) is 0.611. The van der Waals surface area contributed by atoms with E-state index >= 15 is 0 Å². The molecule has 1 aromatic carbocycles. The molecule has 3 N–H and O–H groups in total. The Morgan fingerprint density at radius 3 is 2.48 bits per heavy atom. The monoisotopic (exact) mass is 430 g/mol. The van der Waals surface area contributed by atoms with Gasteiger partial charge < -0.3 is 16.0 Å². The van der Waals surface area contributed by atoms with Crippen molar-refractivity contribution < 1.29 is 0 Å². The SMILES string of the molecule is CCC(CC)(CNC1=NCCCN1)NC(C)c1ccccc1.I. The normalized spacial score (nSPS) is 15.9. The Kier molecular flexibility index (Phi) is 8.91. The lowest BCUT2D eigenvalue weighted by Crippen LogP contribution is -2.55. The molecular weight excluding hydrogens is 399 g/mol. The van der Waals surface area contributed by atoms with E-state index in [1.165, 1.54) is 5.56 Å². The van der Waals surface area contributed by atoms with Gasteiger partial charge in [-0.1, -0.05) is 44.2 Å². The summed E-state index contributed by atoms with van der Waals surface area (Å²) in [6.45, 7) is 9.59. The molecule has 0 fully saturated rings. The molecule has 1 atom stereocenters. The first kappa shape index (κ1) is 20.2. The van der Waals surface area contributed by atoms with Gasteiger partial charge in [-0.25, -0.2) is 0 Å². The minimum atomic E-state index is 0. The lowest BCUT2D eigenvalue weighted by molar-refractivity contribution is 0.271. The number of guanidine groups is 1. The van der Waals surface area contributed by atoms with Crippen molar-refractivity contribution in [2.75, 3.05) is 19.6 Å². The summed E-state index contributed by atoms with van der Waals surface area (Å²) in [5.74, 6) is 0.951. The van der Waals surface area contributed by atoms with E-state index in [4.69, 9.17) is 0 Å². The van der Waals surface area contributed by atoms with E-state index in [-0.39, 0.29) is 29.5 Å². The molecule has 0 bridgehead atoms. The minimum absolute atomic E-state index is 0. The second kappa shape index (κ2) is 10.1. The second-order valence-electron chi connectivity index (χ2n) is 6.13. The first-order valence-corrected chi connectivity index (χ1v) is 8.54. The van der Waals surface area contributed by atoms with Crippen LogP contribution in [0.3, 0.4) is 0 Å². The van der Waals surface area contributed by atoms with E-state index in [0.29, 0.717) is 6.04 Å². The van der Waals surface area contributed by atoms with Gasteiger partial charge in [-0.2, -0.15) is 0 Å². The Labute approximate surface area is 157 Å². The van der Waals surface area contributed by atoms with Crippen LogP contribution in [-0.2, 0) is 0 Å². The van der Waals surface area contributed by atoms with Gasteiger partial charge in [0.2, 0.25) is 0 Å². The van der Waals surface area contributed by atoms with Gasteiger partial charge in [0.05, 0.1) is 0 Å². The maximum atomic E-state index is 4.51. The standard InChI is InChI=1S/C18H30N4.HI/c1-4-18(5-2,14-21-17-19-12-9-13-20-17)22-15(3)16-10-7-6-8-11-16;/h6-8,10-11,15,22H,4-5,9,12-14H2,1-3H3,(H2,19,20,21);1H. The molecule has 1 aromatic rings. The topological polar surface area (TPSA) is 48.5 Å². The molecule has 0 aliphatic carbocycles. The lowest BCUT2D eigenvalue weighted by atomic mass is 9.90. The van der Waals surface area contributed by atoms with Gasteiger partial charge in [-0.15, -0.1) is 24.0 Å². The highest BCUT2D eigenvalue weighted by atomic mass is 127. The number of nitrogens with one attached hydrogen (secondary N) is 3. The van der Waals surface area contributed by atoms with E-state index in [9.17, 15) is 0 Å². The molecule has 4 nitrogen and oxygen atoms in total. The first-order chi connectivity index (χ1) is 10.7. The molecule has 1 heterocycles. The van der Waals surface area contributed by atoms with Crippen LogP contribution in [0.15, 0.2) is 35.3 Å². The van der Waals surface area contributed by atoms with E-state index in [0.717, 1.165) is 44.9 Å². The number of benzene rings is 1. The highest BCUT2D eigenvalue weighted by Gasteiger charge is 2.28. The smallest absolute Gasteiger partial charge is 0.191 e. The summed E-state index contributed by atoms with van der Waals surface area (Å²) in [6.07, 6.45) is 3.29. The zero-order chi connectivity index (χ0) is 15.8. The van der Waals surface area contributed by atoms with Crippen molar-refractivity contribution in [3.63, 3.8) is 0 Å². The van der Waals surface area contributed by atoms with Crippen molar-refractivity contribution in [2.45, 2.75) is 51.6 Å². The third-order valence-electron chi connectivity index (χ3n) is 4.67. The Hall–Kier alpha value is -0.820. The minimum Gasteiger partial charge on any atom is -0.356 e. The lowest BCUT2D eigenvalue weighted by Gasteiger charge is -2.37. The highest BCUT2D eigenvalue weighted by Crippen LogP contribution is 2.21. The van der Waals surface area contributed by atoms with Crippen LogP contribution in [0.4, 0.5) is 0 Å². The van der Waals surface area contributed by atoms with Crippen molar-refractivity contribution in [1.82, 2.24) is 16.0 Å². The third kappa shape index (κ3) is 5.95. The number of rotatable bonds is 7. The van der Waals surface area contributed by atoms with E-state index in [2.05, 4.69) is 72.0 Å². The van der Waals surface area contributed by atoms with Crippen LogP contribution in [0.2, 0.25) is 0 Å². The number of hydrogen-bond acceptors (Lipinski definition) is 4. The molecule has 1 aliphatic rings. The number of nitrogens with zero attached hydrogens (tertiary/aromatic N) is 1. The largest absolute Gasteiger partial charge is 0.356 e. The van der Waals surface area contributed by atoms with Gasteiger partial charge in [-0.05, 0) is 31.7 Å². The maximum Gasteiger partial charge on any atom is 0.191 e. The summed E-state index contributed by atoms with van der Waals surface area (Å²) >= 11 is 0. The zero-order valence-electron chi connectivity index (χ0n) is 14.6. The Morgan fingerprint density at radius 2 is 1.91 bits per heavy atom. The number of aliphatic imine (C=N–C) groups is 1. The number of hydrogen-bond donors (Lipinski definition) is 3. The first-order valence-electron chi connectivity index (χ1n) is 8.54. The summed E-state index contributed by atoms with van der Waals surface area (Å²) in [5.41, 5.74) is 1.42. The Bertz CT molecular complexity index is 471. The van der Waals surface area contributed by atoms with Gasteiger partial charge in [0.1, 0.15) is 0 Å². The molecular formula is C18H31IN4. The molecule has 2 rings (SSSR count). The van der Waals surface area contributed by atoms with Crippen LogP contribution in [0.5, 0.6) is 0 Å². The van der Waals surface area contributed by atoms with Gasteiger partial charge in [0, 0.05) is 31.2 Å². The molecule has 23 heavy (non-hydrogen) atoms. The quantitative estimate of drug-likeness (QED) is 0.581. The maximum absolute atomic E-state index is 4.51. The van der Waals surface area contributed by atoms with Crippen LogP contribution in [0, 0.1) is 0 Å². The molecule has 1 aliphatic heterocycles. The fourth-order valence-electron chi connectivity index (χ4n) is 2.94. The summed E-state index contributed by atoms with van der Waals surface area (Å²) in [7, 11) is 0. The van der Waals surface area contributed by atoms with Crippen molar-refractivity contribution in [1.29, 1.82) is 0 Å². The molecule has 1 unspecified atom stereocenters. The van der Waals surface area contributed by atoms with Crippen LogP contribution in [0.1, 0.15) is 51.6 Å². The molecule has 0 saturated heterocycles. The summed E-state index contributed by atoms with van der Waals surface area (Å²) < 4.78 is 0. The summed E-state index contributed by atoms with van der Waals surface area (Å²) in [6, 6.07) is 11.0. The number of halogens is 1.